The highest BCUT2D eigenvalue weighted by Gasteiger charge is 2.32. The van der Waals surface area contributed by atoms with E-state index in [2.05, 4.69) is 4.74 Å². The van der Waals surface area contributed by atoms with Gasteiger partial charge in [0.15, 0.2) is 0 Å². The fourth-order valence-corrected chi connectivity index (χ4v) is 1.92. The molecule has 0 saturated heterocycles. The van der Waals surface area contributed by atoms with Gasteiger partial charge in [0, 0.05) is 0 Å². The van der Waals surface area contributed by atoms with Gasteiger partial charge < -0.3 is 9.84 Å². The Labute approximate surface area is 104 Å². The third-order valence-corrected chi connectivity index (χ3v) is 2.85. The van der Waals surface area contributed by atoms with E-state index in [9.17, 15) is 18.3 Å². The molecule has 0 heterocycles. The van der Waals surface area contributed by atoms with Crippen molar-refractivity contribution in [2.45, 2.75) is 45.1 Å². The molecule has 1 unspecified atom stereocenters. The molecule has 0 aliphatic rings. The number of benzene rings is 1. The van der Waals surface area contributed by atoms with E-state index in [0.29, 0.717) is 18.4 Å². The van der Waals surface area contributed by atoms with Crippen LogP contribution in [-0.2, 0) is 5.60 Å². The third kappa shape index (κ3) is 3.91. The van der Waals surface area contributed by atoms with E-state index in [1.807, 2.05) is 6.92 Å². The molecule has 2 nitrogen and oxygen atoms in total. The van der Waals surface area contributed by atoms with Crippen LogP contribution < -0.4 is 4.74 Å². The molecule has 102 valence electrons. The minimum Gasteiger partial charge on any atom is -0.406 e. The van der Waals surface area contributed by atoms with Crippen LogP contribution >= 0.6 is 0 Å². The molecule has 0 amide bonds. The molecule has 0 aliphatic heterocycles. The standard InChI is InChI=1S/C13H17F3O2/c1-3-8-12(17,4-2)10-6-5-7-11(9-10)18-13(14,15)16/h5-7,9,17H,3-4,8H2,1-2H3. The van der Waals surface area contributed by atoms with Crippen molar-refractivity contribution in [1.29, 1.82) is 0 Å². The Balaban J connectivity index is 3.00. The van der Waals surface area contributed by atoms with E-state index in [0.717, 1.165) is 6.42 Å². The van der Waals surface area contributed by atoms with Crippen molar-refractivity contribution in [2.75, 3.05) is 0 Å². The fourth-order valence-electron chi connectivity index (χ4n) is 1.92. The zero-order chi connectivity index (χ0) is 13.8. The Hall–Kier alpha value is -1.23. The Kier molecular flexibility index (Phi) is 4.62. The van der Waals surface area contributed by atoms with Gasteiger partial charge >= 0.3 is 6.36 Å². The van der Waals surface area contributed by atoms with Gasteiger partial charge in [-0.2, -0.15) is 0 Å². The maximum atomic E-state index is 12.1. The van der Waals surface area contributed by atoms with Crippen LogP contribution in [0.3, 0.4) is 0 Å². The van der Waals surface area contributed by atoms with Crippen LogP contribution in [0.4, 0.5) is 13.2 Å². The van der Waals surface area contributed by atoms with Crippen LogP contribution in [0.15, 0.2) is 24.3 Å². The first-order valence-corrected chi connectivity index (χ1v) is 5.89. The SMILES string of the molecule is CCCC(O)(CC)c1cccc(OC(F)(F)F)c1. The minimum absolute atomic E-state index is 0.303. The van der Waals surface area contributed by atoms with Crippen LogP contribution in [0.25, 0.3) is 0 Å². The molecule has 0 saturated carbocycles. The molecule has 0 bridgehead atoms. The Bertz CT molecular complexity index is 390. The summed E-state index contributed by atoms with van der Waals surface area (Å²) in [6, 6.07) is 5.53. The molecule has 1 atom stereocenters. The molecular formula is C13H17F3O2. The normalized spacial score (nSPS) is 15.2. The highest BCUT2D eigenvalue weighted by atomic mass is 19.4. The summed E-state index contributed by atoms with van der Waals surface area (Å²) in [7, 11) is 0. The summed E-state index contributed by atoms with van der Waals surface area (Å²) in [5, 5.41) is 10.4. The smallest absolute Gasteiger partial charge is 0.406 e. The predicted molar refractivity (Wildman–Crippen MR) is 62.2 cm³/mol. The van der Waals surface area contributed by atoms with Crippen molar-refractivity contribution in [3.05, 3.63) is 29.8 Å². The number of halogens is 3. The monoisotopic (exact) mass is 262 g/mol. The molecule has 0 aliphatic carbocycles. The number of aliphatic hydroxyl groups is 1. The number of alkyl halides is 3. The lowest BCUT2D eigenvalue weighted by atomic mass is 9.87. The Morgan fingerprint density at radius 2 is 1.89 bits per heavy atom. The number of hydrogen-bond acceptors (Lipinski definition) is 2. The van der Waals surface area contributed by atoms with Crippen molar-refractivity contribution in [3.8, 4) is 5.75 Å². The molecule has 1 N–H and O–H groups in total. The van der Waals surface area contributed by atoms with Crippen LogP contribution in [0.1, 0.15) is 38.7 Å². The topological polar surface area (TPSA) is 29.5 Å². The number of hydrogen-bond donors (Lipinski definition) is 1. The quantitative estimate of drug-likeness (QED) is 0.869. The first-order chi connectivity index (χ1) is 8.30. The van der Waals surface area contributed by atoms with E-state index in [-0.39, 0.29) is 5.75 Å². The van der Waals surface area contributed by atoms with Crippen molar-refractivity contribution in [3.63, 3.8) is 0 Å². The first kappa shape index (κ1) is 14.8. The predicted octanol–water partition coefficient (Wildman–Crippen LogP) is 3.98. The summed E-state index contributed by atoms with van der Waals surface area (Å²) in [6.45, 7) is 3.71. The molecule has 18 heavy (non-hydrogen) atoms. The molecule has 1 rings (SSSR count). The molecule has 1 aromatic rings. The van der Waals surface area contributed by atoms with Gasteiger partial charge in [-0.25, -0.2) is 0 Å². The van der Waals surface area contributed by atoms with Crippen molar-refractivity contribution in [1.82, 2.24) is 0 Å². The third-order valence-electron chi connectivity index (χ3n) is 2.85. The maximum Gasteiger partial charge on any atom is 0.573 e. The molecular weight excluding hydrogens is 245 g/mol. The summed E-state index contributed by atoms with van der Waals surface area (Å²) < 4.78 is 40.2. The molecule has 5 heteroatoms. The second-order valence-electron chi connectivity index (χ2n) is 4.21. The van der Waals surface area contributed by atoms with E-state index < -0.39 is 12.0 Å². The zero-order valence-corrected chi connectivity index (χ0v) is 10.4. The van der Waals surface area contributed by atoms with E-state index >= 15 is 0 Å². The minimum atomic E-state index is -4.71. The lowest BCUT2D eigenvalue weighted by molar-refractivity contribution is -0.274. The van der Waals surface area contributed by atoms with Crippen LogP contribution in [0.2, 0.25) is 0 Å². The molecule has 1 aromatic carbocycles. The lowest BCUT2D eigenvalue weighted by Gasteiger charge is -2.27. The van der Waals surface area contributed by atoms with E-state index in [1.165, 1.54) is 18.2 Å². The molecule has 0 radical (unpaired) electrons. The van der Waals surface area contributed by atoms with Gasteiger partial charge in [-0.15, -0.1) is 13.2 Å². The summed E-state index contributed by atoms with van der Waals surface area (Å²) in [6.07, 6.45) is -3.03. The second kappa shape index (κ2) is 5.61. The molecule has 0 aromatic heterocycles. The second-order valence-corrected chi connectivity index (χ2v) is 4.21. The van der Waals surface area contributed by atoms with Crippen LogP contribution in [0.5, 0.6) is 5.75 Å². The summed E-state index contributed by atoms with van der Waals surface area (Å²) >= 11 is 0. The average Bonchev–Trinajstić information content (AvgIpc) is 2.27. The maximum absolute atomic E-state index is 12.1. The van der Waals surface area contributed by atoms with Crippen molar-refractivity contribution in [2.24, 2.45) is 0 Å². The highest BCUT2D eigenvalue weighted by Crippen LogP contribution is 2.33. The van der Waals surface area contributed by atoms with Gasteiger partial charge in [-0.05, 0) is 30.5 Å². The van der Waals surface area contributed by atoms with Crippen molar-refractivity contribution >= 4 is 0 Å². The first-order valence-electron chi connectivity index (χ1n) is 5.89. The average molecular weight is 262 g/mol. The van der Waals surface area contributed by atoms with Crippen LogP contribution in [0, 0.1) is 0 Å². The fraction of sp³-hybridized carbons (Fsp3) is 0.538. The summed E-state index contributed by atoms with van der Waals surface area (Å²) in [5.41, 5.74) is -0.645. The lowest BCUT2D eigenvalue weighted by Crippen LogP contribution is -2.25. The zero-order valence-electron chi connectivity index (χ0n) is 10.4. The number of rotatable bonds is 5. The largest absolute Gasteiger partial charge is 0.573 e. The van der Waals surface area contributed by atoms with Crippen LogP contribution in [-0.4, -0.2) is 11.5 Å². The Morgan fingerprint density at radius 1 is 1.22 bits per heavy atom. The van der Waals surface area contributed by atoms with E-state index in [1.54, 1.807) is 13.0 Å². The van der Waals surface area contributed by atoms with Crippen molar-refractivity contribution < 1.29 is 23.0 Å². The van der Waals surface area contributed by atoms with Gasteiger partial charge in [0.05, 0.1) is 5.60 Å². The summed E-state index contributed by atoms with van der Waals surface area (Å²) in [5.74, 6) is -0.303. The number of ether oxygens (including phenoxy) is 1. The van der Waals surface area contributed by atoms with Gasteiger partial charge in [-0.3, -0.25) is 0 Å². The van der Waals surface area contributed by atoms with Gasteiger partial charge in [0.1, 0.15) is 5.75 Å². The van der Waals surface area contributed by atoms with E-state index in [4.69, 9.17) is 0 Å². The molecule has 0 fully saturated rings. The Morgan fingerprint density at radius 3 is 2.39 bits per heavy atom. The van der Waals surface area contributed by atoms with Gasteiger partial charge in [-0.1, -0.05) is 32.4 Å². The van der Waals surface area contributed by atoms with Gasteiger partial charge in [0.2, 0.25) is 0 Å². The highest BCUT2D eigenvalue weighted by molar-refractivity contribution is 5.32. The van der Waals surface area contributed by atoms with Gasteiger partial charge in [0.25, 0.3) is 0 Å². The summed E-state index contributed by atoms with van der Waals surface area (Å²) in [4.78, 5) is 0. The molecule has 0 spiro atoms.